The lowest BCUT2D eigenvalue weighted by atomic mass is 10.0. The topological polar surface area (TPSA) is 42.7 Å². The Hall–Kier alpha value is -1.07. The number of imidazole rings is 1. The normalized spacial score (nSPS) is 26.4. The molecule has 1 N–H and O–H groups in total. The van der Waals surface area contributed by atoms with Gasteiger partial charge in [-0.25, -0.2) is 9.97 Å². The molecule has 2 aliphatic heterocycles. The van der Waals surface area contributed by atoms with Crippen molar-refractivity contribution < 1.29 is 0 Å². The minimum absolute atomic E-state index is 0.572. The van der Waals surface area contributed by atoms with Crippen molar-refractivity contribution in [2.24, 2.45) is 0 Å². The molecular formula is C17H24N4S. The quantitative estimate of drug-likeness (QED) is 0.944. The summed E-state index contributed by atoms with van der Waals surface area (Å²) < 4.78 is 2.41. The Morgan fingerprint density at radius 1 is 1.27 bits per heavy atom. The van der Waals surface area contributed by atoms with Crippen molar-refractivity contribution in [1.82, 2.24) is 19.9 Å². The van der Waals surface area contributed by atoms with Gasteiger partial charge in [-0.1, -0.05) is 6.42 Å². The molecule has 2 aliphatic rings. The molecule has 118 valence electrons. The van der Waals surface area contributed by atoms with Crippen LogP contribution in [0, 0.1) is 0 Å². The van der Waals surface area contributed by atoms with E-state index < -0.39 is 0 Å². The molecule has 0 spiro atoms. The van der Waals surface area contributed by atoms with Crippen molar-refractivity contribution in [3.05, 3.63) is 24.2 Å². The van der Waals surface area contributed by atoms with Gasteiger partial charge in [0.1, 0.15) is 11.3 Å². The van der Waals surface area contributed by atoms with Gasteiger partial charge in [-0.05, 0) is 50.1 Å². The van der Waals surface area contributed by atoms with Crippen LogP contribution in [0.4, 0.5) is 0 Å². The Morgan fingerprint density at radius 3 is 3.09 bits per heavy atom. The predicted molar refractivity (Wildman–Crippen MR) is 92.5 cm³/mol. The SMILES string of the molecule is c1cnc2c(c1)nc(C1CCCSC1)n2CC1CCCCN1. The predicted octanol–water partition coefficient (Wildman–Crippen LogP) is 3.18. The first-order chi connectivity index (χ1) is 10.9. The molecule has 2 fully saturated rings. The summed E-state index contributed by atoms with van der Waals surface area (Å²) in [6, 6.07) is 4.67. The van der Waals surface area contributed by atoms with E-state index in [1.54, 1.807) is 0 Å². The van der Waals surface area contributed by atoms with E-state index in [4.69, 9.17) is 4.98 Å². The second-order valence-corrected chi connectivity index (χ2v) is 7.64. The van der Waals surface area contributed by atoms with Crippen molar-refractivity contribution >= 4 is 22.9 Å². The number of fused-ring (bicyclic) bond motifs is 1. The molecule has 2 unspecified atom stereocenters. The van der Waals surface area contributed by atoms with Crippen LogP contribution in [0.5, 0.6) is 0 Å². The molecule has 0 saturated carbocycles. The zero-order valence-corrected chi connectivity index (χ0v) is 13.8. The zero-order chi connectivity index (χ0) is 14.8. The van der Waals surface area contributed by atoms with Crippen LogP contribution in [-0.4, -0.2) is 38.6 Å². The Balaban J connectivity index is 1.69. The van der Waals surface area contributed by atoms with Crippen molar-refractivity contribution in [2.45, 2.75) is 50.6 Å². The largest absolute Gasteiger partial charge is 0.312 e. The Morgan fingerprint density at radius 2 is 2.27 bits per heavy atom. The van der Waals surface area contributed by atoms with Gasteiger partial charge in [-0.3, -0.25) is 0 Å². The summed E-state index contributed by atoms with van der Waals surface area (Å²) in [6.07, 6.45) is 8.40. The molecule has 0 amide bonds. The fraction of sp³-hybridized carbons (Fsp3) is 0.647. The van der Waals surface area contributed by atoms with Gasteiger partial charge in [-0.2, -0.15) is 11.8 Å². The summed E-state index contributed by atoms with van der Waals surface area (Å²) in [7, 11) is 0. The first-order valence-electron chi connectivity index (χ1n) is 8.54. The lowest BCUT2D eigenvalue weighted by Crippen LogP contribution is -2.38. The Bertz CT molecular complexity index is 627. The van der Waals surface area contributed by atoms with E-state index in [1.807, 2.05) is 12.3 Å². The van der Waals surface area contributed by atoms with Gasteiger partial charge in [0, 0.05) is 30.5 Å². The highest BCUT2D eigenvalue weighted by molar-refractivity contribution is 7.99. The van der Waals surface area contributed by atoms with E-state index in [0.717, 1.165) is 24.3 Å². The van der Waals surface area contributed by atoms with Gasteiger partial charge in [0.15, 0.2) is 5.65 Å². The zero-order valence-electron chi connectivity index (χ0n) is 13.0. The maximum atomic E-state index is 4.96. The molecule has 0 radical (unpaired) electrons. The Kier molecular flexibility index (Phi) is 4.35. The van der Waals surface area contributed by atoms with Crippen LogP contribution in [0.1, 0.15) is 43.8 Å². The molecule has 0 aliphatic carbocycles. The van der Waals surface area contributed by atoms with Crippen LogP contribution in [0.2, 0.25) is 0 Å². The molecule has 2 saturated heterocycles. The highest BCUT2D eigenvalue weighted by Crippen LogP contribution is 2.32. The number of pyridine rings is 1. The maximum Gasteiger partial charge on any atom is 0.160 e. The van der Waals surface area contributed by atoms with Gasteiger partial charge >= 0.3 is 0 Å². The lowest BCUT2D eigenvalue weighted by Gasteiger charge is -2.27. The second-order valence-electron chi connectivity index (χ2n) is 6.49. The molecule has 4 heterocycles. The van der Waals surface area contributed by atoms with Crippen molar-refractivity contribution in [3.63, 3.8) is 0 Å². The van der Waals surface area contributed by atoms with Gasteiger partial charge < -0.3 is 9.88 Å². The average Bonchev–Trinajstić information content (AvgIpc) is 2.95. The molecule has 5 heteroatoms. The lowest BCUT2D eigenvalue weighted by molar-refractivity contribution is 0.359. The molecule has 4 rings (SSSR count). The van der Waals surface area contributed by atoms with E-state index in [-0.39, 0.29) is 0 Å². The van der Waals surface area contributed by atoms with Crippen LogP contribution >= 0.6 is 11.8 Å². The number of hydrogen-bond donors (Lipinski definition) is 1. The van der Waals surface area contributed by atoms with E-state index in [0.29, 0.717) is 12.0 Å². The maximum absolute atomic E-state index is 4.96. The fourth-order valence-electron chi connectivity index (χ4n) is 3.71. The fourth-order valence-corrected chi connectivity index (χ4v) is 4.85. The molecule has 2 aromatic heterocycles. The molecule has 2 aromatic rings. The summed E-state index contributed by atoms with van der Waals surface area (Å²) in [5.41, 5.74) is 2.13. The highest BCUT2D eigenvalue weighted by Gasteiger charge is 2.25. The molecular weight excluding hydrogens is 292 g/mol. The summed E-state index contributed by atoms with van der Waals surface area (Å²) in [5, 5.41) is 3.67. The van der Waals surface area contributed by atoms with Crippen LogP contribution in [0.15, 0.2) is 18.3 Å². The third-order valence-corrected chi connectivity index (χ3v) is 6.09. The first-order valence-corrected chi connectivity index (χ1v) is 9.69. The van der Waals surface area contributed by atoms with Crippen LogP contribution in [0.3, 0.4) is 0 Å². The first kappa shape index (κ1) is 14.5. The highest BCUT2D eigenvalue weighted by atomic mass is 32.2. The van der Waals surface area contributed by atoms with E-state index in [1.165, 1.54) is 49.4 Å². The molecule has 0 bridgehead atoms. The second kappa shape index (κ2) is 6.59. The summed E-state index contributed by atoms with van der Waals surface area (Å²) in [6.45, 7) is 2.17. The van der Waals surface area contributed by atoms with Crippen molar-refractivity contribution in [1.29, 1.82) is 0 Å². The standard InChI is InChI=1S/C17H24N4S/c1-2-8-18-14(6-1)11-21-16(13-5-4-10-22-12-13)20-15-7-3-9-19-17(15)21/h3,7,9,13-14,18H,1-2,4-6,8,10-12H2. The molecule has 22 heavy (non-hydrogen) atoms. The molecule has 0 aromatic carbocycles. The summed E-state index contributed by atoms with van der Waals surface area (Å²) >= 11 is 2.07. The van der Waals surface area contributed by atoms with Crippen molar-refractivity contribution in [2.75, 3.05) is 18.1 Å². The third kappa shape index (κ3) is 2.88. The van der Waals surface area contributed by atoms with E-state index >= 15 is 0 Å². The summed E-state index contributed by atoms with van der Waals surface area (Å²) in [4.78, 5) is 9.59. The van der Waals surface area contributed by atoms with Gasteiger partial charge in [-0.15, -0.1) is 0 Å². The number of hydrogen-bond acceptors (Lipinski definition) is 4. The average molecular weight is 316 g/mol. The van der Waals surface area contributed by atoms with Gasteiger partial charge in [0.05, 0.1) is 0 Å². The van der Waals surface area contributed by atoms with E-state index in [2.05, 4.69) is 32.7 Å². The number of nitrogens with one attached hydrogen (secondary N) is 1. The van der Waals surface area contributed by atoms with Crippen LogP contribution in [0.25, 0.3) is 11.2 Å². The third-order valence-electron chi connectivity index (χ3n) is 4.87. The molecule has 2 atom stereocenters. The minimum atomic E-state index is 0.572. The van der Waals surface area contributed by atoms with E-state index in [9.17, 15) is 0 Å². The monoisotopic (exact) mass is 316 g/mol. The minimum Gasteiger partial charge on any atom is -0.312 e. The summed E-state index contributed by atoms with van der Waals surface area (Å²) in [5.74, 6) is 4.38. The van der Waals surface area contributed by atoms with Crippen molar-refractivity contribution in [3.8, 4) is 0 Å². The number of rotatable bonds is 3. The number of piperidine rings is 1. The smallest absolute Gasteiger partial charge is 0.160 e. The Labute approximate surface area is 136 Å². The van der Waals surface area contributed by atoms with Crippen LogP contribution < -0.4 is 5.32 Å². The molecule has 4 nitrogen and oxygen atoms in total. The van der Waals surface area contributed by atoms with Crippen LogP contribution in [-0.2, 0) is 6.54 Å². The number of nitrogens with zero attached hydrogens (tertiary/aromatic N) is 3. The van der Waals surface area contributed by atoms with Gasteiger partial charge in [0.25, 0.3) is 0 Å². The van der Waals surface area contributed by atoms with Gasteiger partial charge in [0.2, 0.25) is 0 Å². The number of aromatic nitrogens is 3. The number of thioether (sulfide) groups is 1.